The van der Waals surface area contributed by atoms with Crippen LogP contribution in [0.15, 0.2) is 24.3 Å². The molecule has 3 amide bonds. The van der Waals surface area contributed by atoms with Gasteiger partial charge < -0.3 is 15.3 Å². The summed E-state index contributed by atoms with van der Waals surface area (Å²) in [6, 6.07) is 5.47. The molecule has 0 saturated carbocycles. The van der Waals surface area contributed by atoms with Crippen molar-refractivity contribution in [2.75, 3.05) is 32.1 Å². The zero-order valence-corrected chi connectivity index (χ0v) is 12.4. The van der Waals surface area contributed by atoms with Crippen LogP contribution in [0.1, 0.15) is 0 Å². The van der Waals surface area contributed by atoms with Crippen molar-refractivity contribution in [1.82, 2.24) is 10.2 Å². The van der Waals surface area contributed by atoms with Crippen molar-refractivity contribution in [3.8, 4) is 0 Å². The van der Waals surface area contributed by atoms with E-state index in [1.54, 1.807) is 26.2 Å². The van der Waals surface area contributed by atoms with E-state index in [9.17, 15) is 14.4 Å². The van der Waals surface area contributed by atoms with Crippen LogP contribution in [0.3, 0.4) is 0 Å². The molecule has 7 nitrogen and oxygen atoms in total. The summed E-state index contributed by atoms with van der Waals surface area (Å²) < 4.78 is 0. The molecule has 0 aliphatic rings. The number of urea groups is 1. The van der Waals surface area contributed by atoms with Gasteiger partial charge in [0.1, 0.15) is 6.54 Å². The van der Waals surface area contributed by atoms with Crippen LogP contribution >= 0.6 is 11.6 Å². The van der Waals surface area contributed by atoms with E-state index >= 15 is 0 Å². The zero-order valence-electron chi connectivity index (χ0n) is 11.7. The Morgan fingerprint density at radius 1 is 1.19 bits per heavy atom. The lowest BCUT2D eigenvalue weighted by atomic mass is 10.3. The summed E-state index contributed by atoms with van der Waals surface area (Å²) >= 11 is 5.75. The van der Waals surface area contributed by atoms with Crippen LogP contribution < -0.4 is 10.2 Å². The number of likely N-dealkylation sites (N-methyl/N-ethyl adjacent to an activating group) is 1. The van der Waals surface area contributed by atoms with Crippen LogP contribution in [-0.2, 0) is 9.59 Å². The molecule has 0 aromatic heterocycles. The summed E-state index contributed by atoms with van der Waals surface area (Å²) in [4.78, 5) is 36.7. The summed E-state index contributed by atoms with van der Waals surface area (Å²) in [7, 11) is 3.12. The highest BCUT2D eigenvalue weighted by Gasteiger charge is 2.19. The molecule has 0 saturated heterocycles. The second kappa shape index (κ2) is 7.49. The van der Waals surface area contributed by atoms with Crippen molar-refractivity contribution in [3.63, 3.8) is 0 Å². The SMILES string of the molecule is CN(C)C(=O)CNC(=O)N(CC(=O)O)c1ccc(Cl)cc1. The van der Waals surface area contributed by atoms with Gasteiger partial charge >= 0.3 is 12.0 Å². The Balaban J connectivity index is 2.82. The molecule has 2 N–H and O–H groups in total. The molecule has 0 aliphatic heterocycles. The number of hydrogen-bond donors (Lipinski definition) is 2. The Hall–Kier alpha value is -2.28. The molecule has 0 bridgehead atoms. The fourth-order valence-corrected chi connectivity index (χ4v) is 1.57. The summed E-state index contributed by atoms with van der Waals surface area (Å²) in [5, 5.41) is 11.7. The number of nitrogens with one attached hydrogen (secondary N) is 1. The number of carboxylic acid groups (broad SMARTS) is 1. The average Bonchev–Trinajstić information content (AvgIpc) is 2.42. The normalized spacial score (nSPS) is 9.86. The molecule has 1 aromatic carbocycles. The van der Waals surface area contributed by atoms with Gasteiger partial charge in [0.2, 0.25) is 5.91 Å². The van der Waals surface area contributed by atoms with Crippen LogP contribution in [0.5, 0.6) is 0 Å². The number of hydrogen-bond acceptors (Lipinski definition) is 3. The second-order valence-corrected chi connectivity index (χ2v) is 4.84. The first-order valence-corrected chi connectivity index (χ1v) is 6.42. The average molecular weight is 314 g/mol. The summed E-state index contributed by atoms with van der Waals surface area (Å²) in [6.07, 6.45) is 0. The van der Waals surface area contributed by atoms with Crippen molar-refractivity contribution >= 4 is 35.2 Å². The number of carboxylic acids is 1. The topological polar surface area (TPSA) is 90.0 Å². The van der Waals surface area contributed by atoms with Gasteiger partial charge in [-0.15, -0.1) is 0 Å². The van der Waals surface area contributed by atoms with Crippen LogP contribution in [0.25, 0.3) is 0 Å². The Morgan fingerprint density at radius 2 is 1.76 bits per heavy atom. The molecule has 0 fully saturated rings. The first-order chi connectivity index (χ1) is 9.81. The molecule has 0 radical (unpaired) electrons. The standard InChI is InChI=1S/C13H16ClN3O4/c1-16(2)11(18)7-15-13(21)17(8-12(19)20)10-5-3-9(14)4-6-10/h3-6H,7-8H2,1-2H3,(H,15,21)(H,19,20). The number of benzene rings is 1. The molecule has 0 aliphatic carbocycles. The number of carbonyl (C=O) groups excluding carboxylic acids is 2. The van der Waals surface area contributed by atoms with Crippen molar-refractivity contribution in [2.45, 2.75) is 0 Å². The van der Waals surface area contributed by atoms with Crippen LogP contribution in [0.4, 0.5) is 10.5 Å². The lowest BCUT2D eigenvalue weighted by molar-refractivity contribution is -0.135. The molecule has 21 heavy (non-hydrogen) atoms. The number of aliphatic carboxylic acids is 1. The predicted molar refractivity (Wildman–Crippen MR) is 78.5 cm³/mol. The highest BCUT2D eigenvalue weighted by atomic mass is 35.5. The third-order valence-electron chi connectivity index (χ3n) is 2.57. The van der Waals surface area contributed by atoms with Crippen molar-refractivity contribution in [1.29, 1.82) is 0 Å². The third-order valence-corrected chi connectivity index (χ3v) is 2.82. The smallest absolute Gasteiger partial charge is 0.323 e. The lowest BCUT2D eigenvalue weighted by Crippen LogP contribution is -2.46. The summed E-state index contributed by atoms with van der Waals surface area (Å²) in [5.41, 5.74) is 0.372. The number of anilines is 1. The second-order valence-electron chi connectivity index (χ2n) is 4.40. The van der Waals surface area contributed by atoms with Gasteiger partial charge in [-0.05, 0) is 24.3 Å². The van der Waals surface area contributed by atoms with Crippen LogP contribution in [-0.4, -0.2) is 55.1 Å². The number of amides is 3. The molecular formula is C13H16ClN3O4. The van der Waals surface area contributed by atoms with Gasteiger partial charge in [-0.3, -0.25) is 14.5 Å². The van der Waals surface area contributed by atoms with E-state index in [0.29, 0.717) is 10.7 Å². The maximum atomic E-state index is 12.0. The van der Waals surface area contributed by atoms with Crippen LogP contribution in [0.2, 0.25) is 5.02 Å². The van der Waals surface area contributed by atoms with Gasteiger partial charge in [-0.25, -0.2) is 4.79 Å². The minimum atomic E-state index is -1.17. The summed E-state index contributed by atoms with van der Waals surface area (Å²) in [6.45, 7) is -0.737. The fraction of sp³-hybridized carbons (Fsp3) is 0.308. The van der Waals surface area contributed by atoms with E-state index in [4.69, 9.17) is 16.7 Å². The molecular weight excluding hydrogens is 298 g/mol. The molecule has 0 heterocycles. The fourth-order valence-electron chi connectivity index (χ4n) is 1.44. The lowest BCUT2D eigenvalue weighted by Gasteiger charge is -2.21. The molecule has 114 valence electrons. The highest BCUT2D eigenvalue weighted by molar-refractivity contribution is 6.30. The largest absolute Gasteiger partial charge is 0.480 e. The van der Waals surface area contributed by atoms with E-state index in [-0.39, 0.29) is 12.5 Å². The first kappa shape index (κ1) is 16.8. The first-order valence-electron chi connectivity index (χ1n) is 6.04. The van der Waals surface area contributed by atoms with Crippen LogP contribution in [0, 0.1) is 0 Å². The molecule has 8 heteroatoms. The highest BCUT2D eigenvalue weighted by Crippen LogP contribution is 2.18. The molecule has 0 unspecified atom stereocenters. The van der Waals surface area contributed by atoms with Gasteiger partial charge in [-0.1, -0.05) is 11.6 Å². The van der Waals surface area contributed by atoms with E-state index in [1.807, 2.05) is 0 Å². The van der Waals surface area contributed by atoms with Crippen molar-refractivity contribution in [3.05, 3.63) is 29.3 Å². The Morgan fingerprint density at radius 3 is 2.24 bits per heavy atom. The Kier molecular flexibility index (Phi) is 5.98. The van der Waals surface area contributed by atoms with E-state index in [2.05, 4.69) is 5.32 Å². The molecule has 1 rings (SSSR count). The number of rotatable bonds is 5. The van der Waals surface area contributed by atoms with Gasteiger partial charge in [-0.2, -0.15) is 0 Å². The van der Waals surface area contributed by atoms with Gasteiger partial charge in [0.05, 0.1) is 6.54 Å². The predicted octanol–water partition coefficient (Wildman–Crippen LogP) is 1.03. The Bertz CT molecular complexity index is 531. The summed E-state index contributed by atoms with van der Waals surface area (Å²) in [5.74, 6) is -1.46. The monoisotopic (exact) mass is 313 g/mol. The number of nitrogens with zero attached hydrogens (tertiary/aromatic N) is 2. The van der Waals surface area contributed by atoms with E-state index in [1.165, 1.54) is 17.0 Å². The zero-order chi connectivity index (χ0) is 16.0. The molecule has 1 aromatic rings. The number of carbonyl (C=O) groups is 3. The van der Waals surface area contributed by atoms with E-state index in [0.717, 1.165) is 4.90 Å². The maximum absolute atomic E-state index is 12.0. The number of halogens is 1. The van der Waals surface area contributed by atoms with Crippen molar-refractivity contribution in [2.24, 2.45) is 0 Å². The van der Waals surface area contributed by atoms with Gasteiger partial charge in [0.15, 0.2) is 0 Å². The minimum absolute atomic E-state index is 0.213. The van der Waals surface area contributed by atoms with Gasteiger partial charge in [0.25, 0.3) is 0 Å². The minimum Gasteiger partial charge on any atom is -0.480 e. The Labute approximate surface area is 127 Å². The quantitative estimate of drug-likeness (QED) is 0.849. The van der Waals surface area contributed by atoms with Crippen molar-refractivity contribution < 1.29 is 19.5 Å². The molecule has 0 spiro atoms. The van der Waals surface area contributed by atoms with E-state index < -0.39 is 18.5 Å². The van der Waals surface area contributed by atoms with Gasteiger partial charge in [0, 0.05) is 24.8 Å². The molecule has 0 atom stereocenters. The third kappa shape index (κ3) is 5.31. The maximum Gasteiger partial charge on any atom is 0.323 e.